The highest BCUT2D eigenvalue weighted by Crippen LogP contribution is 2.29. The van der Waals surface area contributed by atoms with Crippen molar-refractivity contribution >= 4 is 0 Å². The van der Waals surface area contributed by atoms with Crippen LogP contribution in [0.25, 0.3) is 11.5 Å². The monoisotopic (exact) mass is 247 g/mol. The van der Waals surface area contributed by atoms with Crippen molar-refractivity contribution in [1.29, 1.82) is 0 Å². The summed E-state index contributed by atoms with van der Waals surface area (Å²) < 4.78 is 10.9. The van der Waals surface area contributed by atoms with Gasteiger partial charge in [-0.3, -0.25) is 0 Å². The van der Waals surface area contributed by atoms with Gasteiger partial charge >= 0.3 is 0 Å². The SMILES string of the molecule is CCNCc1nnc(-c2cc(C)ccc2OC)o1. The molecule has 1 aromatic carbocycles. The lowest BCUT2D eigenvalue weighted by molar-refractivity contribution is 0.413. The minimum atomic E-state index is 0.489. The molecule has 18 heavy (non-hydrogen) atoms. The summed E-state index contributed by atoms with van der Waals surface area (Å²) in [6.07, 6.45) is 0. The highest BCUT2D eigenvalue weighted by atomic mass is 16.5. The average molecular weight is 247 g/mol. The lowest BCUT2D eigenvalue weighted by atomic mass is 10.1. The Bertz CT molecular complexity index is 523. The lowest BCUT2D eigenvalue weighted by Gasteiger charge is -2.05. The molecular weight excluding hydrogens is 230 g/mol. The van der Waals surface area contributed by atoms with E-state index in [2.05, 4.69) is 15.5 Å². The molecule has 0 aliphatic heterocycles. The van der Waals surface area contributed by atoms with Crippen LogP contribution in [0.15, 0.2) is 22.6 Å². The van der Waals surface area contributed by atoms with Gasteiger partial charge in [0, 0.05) is 0 Å². The number of ether oxygens (including phenoxy) is 1. The summed E-state index contributed by atoms with van der Waals surface area (Å²) in [4.78, 5) is 0. The van der Waals surface area contributed by atoms with Crippen molar-refractivity contribution in [2.75, 3.05) is 13.7 Å². The van der Waals surface area contributed by atoms with Crippen molar-refractivity contribution in [3.63, 3.8) is 0 Å². The Morgan fingerprint density at radius 3 is 2.89 bits per heavy atom. The van der Waals surface area contributed by atoms with E-state index in [0.29, 0.717) is 18.3 Å². The zero-order valence-electron chi connectivity index (χ0n) is 10.9. The second-order valence-electron chi connectivity index (χ2n) is 3.99. The summed E-state index contributed by atoms with van der Waals surface area (Å²) in [6, 6.07) is 5.86. The van der Waals surface area contributed by atoms with Crippen LogP contribution in [0.2, 0.25) is 0 Å². The molecule has 5 heteroatoms. The Morgan fingerprint density at radius 1 is 1.33 bits per heavy atom. The van der Waals surface area contributed by atoms with Gasteiger partial charge in [0.2, 0.25) is 5.89 Å². The third kappa shape index (κ3) is 2.68. The van der Waals surface area contributed by atoms with Crippen LogP contribution in [0.5, 0.6) is 5.75 Å². The smallest absolute Gasteiger partial charge is 0.251 e. The largest absolute Gasteiger partial charge is 0.496 e. The quantitative estimate of drug-likeness (QED) is 0.877. The summed E-state index contributed by atoms with van der Waals surface area (Å²) >= 11 is 0. The van der Waals surface area contributed by atoms with Crippen LogP contribution in [0.3, 0.4) is 0 Å². The first-order chi connectivity index (χ1) is 8.74. The Balaban J connectivity index is 2.30. The molecule has 0 spiro atoms. The average Bonchev–Trinajstić information content (AvgIpc) is 2.85. The summed E-state index contributed by atoms with van der Waals surface area (Å²) in [6.45, 7) is 5.49. The molecule has 0 aliphatic rings. The first-order valence-corrected chi connectivity index (χ1v) is 5.92. The minimum Gasteiger partial charge on any atom is -0.496 e. The normalized spacial score (nSPS) is 10.6. The highest BCUT2D eigenvalue weighted by molar-refractivity contribution is 5.63. The number of benzene rings is 1. The van der Waals surface area contributed by atoms with Gasteiger partial charge in [-0.15, -0.1) is 10.2 Å². The molecule has 96 valence electrons. The van der Waals surface area contributed by atoms with Gasteiger partial charge in [-0.1, -0.05) is 18.6 Å². The molecule has 1 heterocycles. The van der Waals surface area contributed by atoms with Crippen LogP contribution in [-0.4, -0.2) is 23.9 Å². The van der Waals surface area contributed by atoms with Gasteiger partial charge < -0.3 is 14.5 Å². The fourth-order valence-electron chi connectivity index (χ4n) is 1.65. The number of nitrogens with zero attached hydrogens (tertiary/aromatic N) is 2. The number of methoxy groups -OCH3 is 1. The summed E-state index contributed by atoms with van der Waals surface area (Å²) in [5, 5.41) is 11.2. The van der Waals surface area contributed by atoms with E-state index in [1.807, 2.05) is 32.0 Å². The number of rotatable bonds is 5. The maximum absolute atomic E-state index is 5.60. The fraction of sp³-hybridized carbons (Fsp3) is 0.385. The van der Waals surface area contributed by atoms with Gasteiger partial charge in [0.15, 0.2) is 0 Å². The molecule has 0 saturated carbocycles. The highest BCUT2D eigenvalue weighted by Gasteiger charge is 2.13. The molecule has 1 aromatic heterocycles. The molecular formula is C13H17N3O2. The van der Waals surface area contributed by atoms with Crippen LogP contribution in [0.4, 0.5) is 0 Å². The predicted octanol–water partition coefficient (Wildman–Crippen LogP) is 2.16. The van der Waals surface area contributed by atoms with E-state index in [1.54, 1.807) is 7.11 Å². The predicted molar refractivity (Wildman–Crippen MR) is 68.4 cm³/mol. The fourth-order valence-corrected chi connectivity index (χ4v) is 1.65. The zero-order valence-corrected chi connectivity index (χ0v) is 10.9. The van der Waals surface area contributed by atoms with Crippen molar-refractivity contribution in [3.05, 3.63) is 29.7 Å². The molecule has 2 aromatic rings. The van der Waals surface area contributed by atoms with Crippen LogP contribution in [0, 0.1) is 6.92 Å². The molecule has 0 saturated heterocycles. The topological polar surface area (TPSA) is 60.2 Å². The first kappa shape index (κ1) is 12.6. The molecule has 0 radical (unpaired) electrons. The Morgan fingerprint density at radius 2 is 2.17 bits per heavy atom. The van der Waals surface area contributed by atoms with Gasteiger partial charge in [0.05, 0.1) is 19.2 Å². The van der Waals surface area contributed by atoms with Crippen molar-refractivity contribution < 1.29 is 9.15 Å². The third-order valence-electron chi connectivity index (χ3n) is 2.58. The van der Waals surface area contributed by atoms with E-state index in [1.165, 1.54) is 0 Å². The maximum Gasteiger partial charge on any atom is 0.251 e. The molecule has 0 amide bonds. The van der Waals surface area contributed by atoms with E-state index in [9.17, 15) is 0 Å². The number of nitrogens with one attached hydrogen (secondary N) is 1. The molecule has 1 N–H and O–H groups in total. The molecule has 2 rings (SSSR count). The first-order valence-electron chi connectivity index (χ1n) is 5.92. The van der Waals surface area contributed by atoms with Crippen LogP contribution in [-0.2, 0) is 6.54 Å². The number of hydrogen-bond acceptors (Lipinski definition) is 5. The lowest BCUT2D eigenvalue weighted by Crippen LogP contribution is -2.11. The van der Waals surface area contributed by atoms with Gasteiger partial charge in [0.25, 0.3) is 5.89 Å². The second kappa shape index (κ2) is 5.64. The Hall–Kier alpha value is -1.88. The Labute approximate surface area is 106 Å². The number of aromatic nitrogens is 2. The van der Waals surface area contributed by atoms with Gasteiger partial charge in [-0.05, 0) is 25.6 Å². The molecule has 0 unspecified atom stereocenters. The van der Waals surface area contributed by atoms with Crippen LogP contribution in [0.1, 0.15) is 18.4 Å². The van der Waals surface area contributed by atoms with Crippen LogP contribution >= 0.6 is 0 Å². The van der Waals surface area contributed by atoms with Crippen molar-refractivity contribution in [1.82, 2.24) is 15.5 Å². The number of aryl methyl sites for hydroxylation is 1. The van der Waals surface area contributed by atoms with E-state index < -0.39 is 0 Å². The van der Waals surface area contributed by atoms with Gasteiger partial charge in [-0.2, -0.15) is 0 Å². The van der Waals surface area contributed by atoms with E-state index in [4.69, 9.17) is 9.15 Å². The van der Waals surface area contributed by atoms with Crippen molar-refractivity contribution in [2.45, 2.75) is 20.4 Å². The van der Waals surface area contributed by atoms with Crippen LogP contribution < -0.4 is 10.1 Å². The van der Waals surface area contributed by atoms with Gasteiger partial charge in [-0.25, -0.2) is 0 Å². The summed E-state index contributed by atoms with van der Waals surface area (Å²) in [7, 11) is 1.63. The summed E-state index contributed by atoms with van der Waals surface area (Å²) in [5.41, 5.74) is 1.95. The molecule has 5 nitrogen and oxygen atoms in total. The van der Waals surface area contributed by atoms with Crippen molar-refractivity contribution in [3.8, 4) is 17.2 Å². The third-order valence-corrected chi connectivity index (χ3v) is 2.58. The molecule has 0 aliphatic carbocycles. The van der Waals surface area contributed by atoms with E-state index in [-0.39, 0.29) is 0 Å². The standard InChI is InChI=1S/C13H17N3O2/c1-4-14-8-12-15-16-13(18-12)10-7-9(2)5-6-11(10)17-3/h5-7,14H,4,8H2,1-3H3. The summed E-state index contributed by atoms with van der Waals surface area (Å²) in [5.74, 6) is 1.80. The zero-order chi connectivity index (χ0) is 13.0. The maximum atomic E-state index is 5.60. The molecule has 0 fully saturated rings. The second-order valence-corrected chi connectivity index (χ2v) is 3.99. The molecule has 0 atom stereocenters. The van der Waals surface area contributed by atoms with E-state index >= 15 is 0 Å². The van der Waals surface area contributed by atoms with Crippen molar-refractivity contribution in [2.24, 2.45) is 0 Å². The van der Waals surface area contributed by atoms with E-state index in [0.717, 1.165) is 23.4 Å². The van der Waals surface area contributed by atoms with Gasteiger partial charge in [0.1, 0.15) is 5.75 Å². The molecule has 0 bridgehead atoms. The minimum absolute atomic E-state index is 0.489. The Kier molecular flexibility index (Phi) is 3.94. The number of hydrogen-bond donors (Lipinski definition) is 1.